The van der Waals surface area contributed by atoms with Crippen LogP contribution < -0.4 is 58.9 Å². The molecule has 2 unspecified atom stereocenters. The van der Waals surface area contributed by atoms with Crippen molar-refractivity contribution >= 4 is 21.5 Å². The van der Waals surface area contributed by atoms with Gasteiger partial charge < -0.3 is 39.9 Å². The van der Waals surface area contributed by atoms with E-state index in [1.165, 1.54) is 6.07 Å². The van der Waals surface area contributed by atoms with E-state index >= 15 is 0 Å². The summed E-state index contributed by atoms with van der Waals surface area (Å²) in [7, 11) is -11.1. The van der Waals surface area contributed by atoms with Gasteiger partial charge in [-0.1, -0.05) is 0 Å². The second-order valence-electron chi connectivity index (χ2n) is 4.88. The van der Waals surface area contributed by atoms with Crippen molar-refractivity contribution in [1.29, 1.82) is 0 Å². The first-order chi connectivity index (χ1) is 11.4. The summed E-state index contributed by atoms with van der Waals surface area (Å²) in [6.07, 6.45) is -5.07. The van der Waals surface area contributed by atoms with E-state index in [-0.39, 0.29) is 43.5 Å². The van der Waals surface area contributed by atoms with E-state index in [0.717, 1.165) is 10.8 Å². The first-order valence-electron chi connectivity index (χ1n) is 6.46. The number of aliphatic hydroxyl groups excluding tert-OH is 2. The van der Waals surface area contributed by atoms with Crippen molar-refractivity contribution in [1.82, 2.24) is 9.55 Å². The summed E-state index contributed by atoms with van der Waals surface area (Å²) in [5.41, 5.74) is 4.42. The van der Waals surface area contributed by atoms with Gasteiger partial charge in [0.2, 0.25) is 0 Å². The Bertz CT molecular complexity index is 789. The van der Waals surface area contributed by atoms with Gasteiger partial charge in [-0.25, -0.2) is 9.36 Å². The molecule has 1 saturated heterocycles. The minimum atomic E-state index is -5.80. The number of aromatic nitrogens is 2. The summed E-state index contributed by atoms with van der Waals surface area (Å²) in [5.74, 6) is -0.0906. The van der Waals surface area contributed by atoms with Crippen LogP contribution in [0.4, 0.5) is 5.82 Å². The molecule has 2 heterocycles. The van der Waals surface area contributed by atoms with Gasteiger partial charge in [0.15, 0.2) is 6.23 Å². The molecule has 14 nitrogen and oxygen atoms in total. The molecule has 0 bridgehead atoms. The van der Waals surface area contributed by atoms with Crippen molar-refractivity contribution in [3.05, 3.63) is 22.7 Å². The molecule has 0 saturated carbocycles. The van der Waals surface area contributed by atoms with Crippen LogP contribution in [0.1, 0.15) is 6.23 Å². The van der Waals surface area contributed by atoms with Gasteiger partial charge in [0.25, 0.3) is 0 Å². The van der Waals surface area contributed by atoms with Crippen LogP contribution in [0.2, 0.25) is 0 Å². The van der Waals surface area contributed by atoms with Crippen LogP contribution in [-0.2, 0) is 22.7 Å². The van der Waals surface area contributed by atoms with Gasteiger partial charge in [-0.05, 0) is 6.07 Å². The molecule has 1 fully saturated rings. The third-order valence-corrected chi connectivity index (χ3v) is 5.17. The molecule has 0 aromatic carbocycles. The molecule has 0 radical (unpaired) electrons. The van der Waals surface area contributed by atoms with Gasteiger partial charge in [-0.3, -0.25) is 13.4 Å². The average molecular weight is 418 g/mol. The summed E-state index contributed by atoms with van der Waals surface area (Å²) in [4.78, 5) is 44.9. The van der Waals surface area contributed by atoms with Gasteiger partial charge >= 0.3 is 51.2 Å². The Labute approximate surface area is 175 Å². The van der Waals surface area contributed by atoms with Crippen LogP contribution in [0.5, 0.6) is 0 Å². The monoisotopic (exact) mass is 418 g/mol. The maximum absolute atomic E-state index is 11.7. The van der Waals surface area contributed by atoms with Gasteiger partial charge in [-0.2, -0.15) is 4.98 Å². The molecule has 27 heavy (non-hydrogen) atoms. The zero-order valence-electron chi connectivity index (χ0n) is 14.1. The quantitative estimate of drug-likeness (QED) is 0.191. The second kappa shape index (κ2) is 10.2. The molecule has 142 valence electrons. The molecule has 1 aliphatic rings. The maximum Gasteiger partial charge on any atom is 1.00 e. The minimum absolute atomic E-state index is 0. The number of phosphoric acid groups is 2. The number of hydrogen-bond donors (Lipinski definition) is 4. The molecule has 1 aromatic rings. The fraction of sp³-hybridized carbons (Fsp3) is 0.556. The average Bonchev–Trinajstić information content (AvgIpc) is 2.71. The Morgan fingerprint density at radius 1 is 1.30 bits per heavy atom. The summed E-state index contributed by atoms with van der Waals surface area (Å²) in [5, 5.41) is 19.8. The Morgan fingerprint density at radius 3 is 2.41 bits per heavy atom. The number of phosphoric ester groups is 1. The van der Waals surface area contributed by atoms with Crippen LogP contribution >= 0.6 is 15.6 Å². The van der Waals surface area contributed by atoms with Gasteiger partial charge in [-0.15, -0.1) is 0 Å². The third kappa shape index (κ3) is 7.40. The zero-order chi connectivity index (χ0) is 19.0. The predicted molar refractivity (Wildman–Crippen MR) is 73.3 cm³/mol. The molecule has 2 rings (SSSR count). The van der Waals surface area contributed by atoms with Crippen molar-refractivity contribution < 1.29 is 85.3 Å². The first kappa shape index (κ1) is 27.0. The number of anilines is 1. The summed E-state index contributed by atoms with van der Waals surface area (Å²) in [6.45, 7) is -0.931. The first-order valence-corrected chi connectivity index (χ1v) is 9.42. The van der Waals surface area contributed by atoms with Crippen LogP contribution in [0.25, 0.3) is 0 Å². The van der Waals surface area contributed by atoms with E-state index in [9.17, 15) is 33.9 Å². The molecule has 1 aromatic heterocycles. The Morgan fingerprint density at radius 2 is 1.89 bits per heavy atom. The van der Waals surface area contributed by atoms with E-state index in [2.05, 4.69) is 13.8 Å². The third-order valence-electron chi connectivity index (χ3n) is 3.07. The maximum atomic E-state index is 11.7. The SMILES string of the molecule is [15NH2]c1cc[15n]([C@@H]2O[C@H](COP(=O)(O)OP(=O)([O-])[O-])C(O)[C@@H]2O)c(=O)[15n]1.[Li+].[Li+]. The number of hydrogen-bond acceptors (Lipinski definition) is 12. The van der Waals surface area contributed by atoms with Gasteiger partial charge in [0.05, 0.1) is 14.4 Å². The normalized spacial score (nSPS) is 27.3. The van der Waals surface area contributed by atoms with Crippen molar-refractivity contribution in [2.75, 3.05) is 12.3 Å². The van der Waals surface area contributed by atoms with Crippen molar-refractivity contribution in [2.24, 2.45) is 0 Å². The molecule has 5 atom stereocenters. The van der Waals surface area contributed by atoms with Crippen LogP contribution in [0, 0.1) is 0 Å². The zero-order valence-corrected chi connectivity index (χ0v) is 15.9. The molecular weight excluding hydrogens is 405 g/mol. The van der Waals surface area contributed by atoms with Crippen molar-refractivity contribution in [3.63, 3.8) is 0 Å². The number of ether oxygens (including phenoxy) is 1. The van der Waals surface area contributed by atoms with E-state index in [0.29, 0.717) is 0 Å². The standard InChI is InChI=1S/C9H15N3O11P2.2Li/c10-5-1-2-12(9(15)11-5)8-7(14)6(13)4(22-8)3-21-25(19,20)23-24(16,17)18;;/h1-2,4,6-8,13-14H,3H2,(H,19,20)(H2,10,11,15)(H2,16,17,18);;/q;2*+1/p-2/t4-,6?,7+,8-;;/m1../s1/i10+1,11+1,12+1;;. The number of nitrogens with zero attached hydrogens (tertiary/aromatic N) is 2. The fourth-order valence-corrected chi connectivity index (χ4v) is 3.57. The molecule has 0 amide bonds. The molecule has 5 N–H and O–H groups in total. The topological polar surface area (TPSA) is 230 Å². The van der Waals surface area contributed by atoms with E-state index in [1.54, 1.807) is 0 Å². The predicted octanol–water partition coefficient (Wildman–Crippen LogP) is -9.59. The fourth-order valence-electron chi connectivity index (χ4n) is 2.03. The van der Waals surface area contributed by atoms with Gasteiger partial charge in [0.1, 0.15) is 24.1 Å². The smallest absolute Gasteiger partial charge is 0.789 e. The van der Waals surface area contributed by atoms with Crippen molar-refractivity contribution in [3.8, 4) is 0 Å². The molecule has 18 heteroatoms. The Kier molecular flexibility index (Phi) is 10.2. The second-order valence-corrected chi connectivity index (χ2v) is 7.62. The number of nitrogen functional groups attached to an aromatic ring is 1. The molecule has 0 aliphatic carbocycles. The summed E-state index contributed by atoms with van der Waals surface area (Å²) < 4.78 is 35.2. The van der Waals surface area contributed by atoms with Gasteiger partial charge in [0, 0.05) is 6.20 Å². The van der Waals surface area contributed by atoms with E-state index in [1.807, 2.05) is 0 Å². The minimum Gasteiger partial charge on any atom is -0.789 e. The number of aliphatic hydroxyl groups is 2. The van der Waals surface area contributed by atoms with E-state index in [4.69, 9.17) is 15.4 Å². The number of rotatable bonds is 6. The summed E-state index contributed by atoms with van der Waals surface area (Å²) >= 11 is 0. The van der Waals surface area contributed by atoms with E-state index < -0.39 is 52.5 Å². The van der Waals surface area contributed by atoms with Crippen LogP contribution in [-0.4, -0.2) is 49.6 Å². The Balaban J connectivity index is 0.00000338. The molecule has 1 aliphatic heterocycles. The molecular formula is C9H13Li2N3O11P2. The summed E-state index contributed by atoms with van der Waals surface area (Å²) in [6, 6.07) is 1.23. The van der Waals surface area contributed by atoms with Crippen LogP contribution in [0.3, 0.4) is 0 Å². The number of nitrogens with two attached hydrogens (primary N) is 1. The van der Waals surface area contributed by atoms with Crippen LogP contribution in [0.15, 0.2) is 17.1 Å². The molecule has 0 spiro atoms. The largest absolute Gasteiger partial charge is 1.00 e. The van der Waals surface area contributed by atoms with Crippen molar-refractivity contribution in [2.45, 2.75) is 24.5 Å². The Hall–Kier alpha value is 0.0148.